The first-order valence-corrected chi connectivity index (χ1v) is 4.10. The van der Waals surface area contributed by atoms with Crippen LogP contribution in [0.15, 0.2) is 12.3 Å². The van der Waals surface area contributed by atoms with Gasteiger partial charge in [-0.15, -0.1) is 0 Å². The number of halogens is 1. The maximum Gasteiger partial charge on any atom is 0.148 e. The van der Waals surface area contributed by atoms with Crippen molar-refractivity contribution in [2.45, 2.75) is 19.5 Å². The third-order valence-corrected chi connectivity index (χ3v) is 1.66. The summed E-state index contributed by atoms with van der Waals surface area (Å²) in [5.41, 5.74) is 0. The van der Waals surface area contributed by atoms with Crippen LogP contribution in [0.25, 0.3) is 0 Å². The van der Waals surface area contributed by atoms with Gasteiger partial charge in [0, 0.05) is 25.9 Å². The first kappa shape index (κ1) is 9.03. The number of nitrogens with one attached hydrogen (secondary N) is 1. The van der Waals surface area contributed by atoms with Gasteiger partial charge in [0.1, 0.15) is 12.0 Å². The SMILES string of the molecule is CCC(F)CNc1ccn(C)n1. The Morgan fingerprint density at radius 3 is 3.00 bits per heavy atom. The van der Waals surface area contributed by atoms with E-state index >= 15 is 0 Å². The molecule has 0 aliphatic rings. The average Bonchev–Trinajstić information content (AvgIpc) is 2.47. The molecule has 4 heteroatoms. The molecule has 0 saturated carbocycles. The summed E-state index contributed by atoms with van der Waals surface area (Å²) >= 11 is 0. The van der Waals surface area contributed by atoms with Crippen molar-refractivity contribution in [2.24, 2.45) is 7.05 Å². The van der Waals surface area contributed by atoms with E-state index in [1.807, 2.05) is 26.2 Å². The van der Waals surface area contributed by atoms with Crippen molar-refractivity contribution in [2.75, 3.05) is 11.9 Å². The van der Waals surface area contributed by atoms with Gasteiger partial charge in [-0.05, 0) is 6.42 Å². The zero-order chi connectivity index (χ0) is 8.97. The first-order chi connectivity index (χ1) is 5.72. The molecule has 1 unspecified atom stereocenters. The van der Waals surface area contributed by atoms with E-state index in [2.05, 4.69) is 10.4 Å². The van der Waals surface area contributed by atoms with E-state index in [0.717, 1.165) is 5.82 Å². The highest BCUT2D eigenvalue weighted by molar-refractivity contribution is 5.31. The zero-order valence-electron chi connectivity index (χ0n) is 7.42. The largest absolute Gasteiger partial charge is 0.366 e. The lowest BCUT2D eigenvalue weighted by Crippen LogP contribution is -2.14. The Balaban J connectivity index is 2.33. The second-order valence-electron chi connectivity index (χ2n) is 2.76. The molecule has 0 fully saturated rings. The van der Waals surface area contributed by atoms with Gasteiger partial charge in [-0.25, -0.2) is 4.39 Å². The van der Waals surface area contributed by atoms with Crippen molar-refractivity contribution in [1.82, 2.24) is 9.78 Å². The molecule has 0 aliphatic carbocycles. The molecule has 1 rings (SSSR count). The summed E-state index contributed by atoms with van der Waals surface area (Å²) in [6.07, 6.45) is 1.58. The summed E-state index contributed by atoms with van der Waals surface area (Å²) in [6, 6.07) is 1.82. The molecule has 12 heavy (non-hydrogen) atoms. The molecule has 1 heterocycles. The van der Waals surface area contributed by atoms with Crippen molar-refractivity contribution < 1.29 is 4.39 Å². The Kier molecular flexibility index (Phi) is 3.08. The summed E-state index contributed by atoms with van der Waals surface area (Å²) in [5.74, 6) is 0.730. The Morgan fingerprint density at radius 1 is 1.75 bits per heavy atom. The van der Waals surface area contributed by atoms with Crippen LogP contribution in [-0.4, -0.2) is 22.5 Å². The molecule has 0 amide bonds. The van der Waals surface area contributed by atoms with Crippen LogP contribution in [0.5, 0.6) is 0 Å². The van der Waals surface area contributed by atoms with Gasteiger partial charge in [0.25, 0.3) is 0 Å². The lowest BCUT2D eigenvalue weighted by molar-refractivity contribution is 0.340. The van der Waals surface area contributed by atoms with E-state index in [1.54, 1.807) is 4.68 Å². The normalized spacial score (nSPS) is 12.9. The number of aromatic nitrogens is 2. The lowest BCUT2D eigenvalue weighted by Gasteiger charge is -2.05. The quantitative estimate of drug-likeness (QED) is 0.745. The fraction of sp³-hybridized carbons (Fsp3) is 0.625. The van der Waals surface area contributed by atoms with Crippen molar-refractivity contribution in [3.8, 4) is 0 Å². The minimum atomic E-state index is -0.785. The lowest BCUT2D eigenvalue weighted by atomic mass is 10.3. The molecule has 0 bridgehead atoms. The second-order valence-corrected chi connectivity index (χ2v) is 2.76. The van der Waals surface area contributed by atoms with E-state index in [1.165, 1.54) is 0 Å². The number of nitrogens with zero attached hydrogens (tertiary/aromatic N) is 2. The van der Waals surface area contributed by atoms with Crippen molar-refractivity contribution in [1.29, 1.82) is 0 Å². The van der Waals surface area contributed by atoms with Gasteiger partial charge < -0.3 is 5.32 Å². The molecule has 1 aromatic rings. The van der Waals surface area contributed by atoms with Gasteiger partial charge >= 0.3 is 0 Å². The number of hydrogen-bond donors (Lipinski definition) is 1. The Hall–Kier alpha value is -1.06. The summed E-state index contributed by atoms with van der Waals surface area (Å²) in [5, 5.41) is 6.97. The molecule has 0 aromatic carbocycles. The smallest absolute Gasteiger partial charge is 0.148 e. The number of alkyl halides is 1. The summed E-state index contributed by atoms with van der Waals surface area (Å²) in [4.78, 5) is 0. The fourth-order valence-corrected chi connectivity index (χ4v) is 0.869. The highest BCUT2D eigenvalue weighted by Gasteiger charge is 2.02. The van der Waals surface area contributed by atoms with E-state index in [9.17, 15) is 4.39 Å². The standard InChI is InChI=1S/C8H14FN3/c1-3-7(9)6-10-8-4-5-12(2)11-8/h4-5,7H,3,6H2,1-2H3,(H,10,11). The third-order valence-electron chi connectivity index (χ3n) is 1.66. The number of hydrogen-bond acceptors (Lipinski definition) is 2. The molecular weight excluding hydrogens is 157 g/mol. The Labute approximate surface area is 71.6 Å². The predicted octanol–water partition coefficient (Wildman–Crippen LogP) is 1.58. The van der Waals surface area contributed by atoms with Crippen molar-refractivity contribution >= 4 is 5.82 Å². The van der Waals surface area contributed by atoms with Gasteiger partial charge in [-0.2, -0.15) is 5.10 Å². The maximum atomic E-state index is 12.7. The van der Waals surface area contributed by atoms with Crippen LogP contribution in [0.3, 0.4) is 0 Å². The maximum absolute atomic E-state index is 12.7. The molecule has 1 aromatic heterocycles. The number of anilines is 1. The van der Waals surface area contributed by atoms with Crippen LogP contribution < -0.4 is 5.32 Å². The van der Waals surface area contributed by atoms with Gasteiger partial charge in [0.05, 0.1) is 0 Å². The van der Waals surface area contributed by atoms with Crippen molar-refractivity contribution in [3.63, 3.8) is 0 Å². The van der Waals surface area contributed by atoms with E-state index in [0.29, 0.717) is 13.0 Å². The second kappa shape index (κ2) is 4.09. The Bertz CT molecular complexity index is 234. The molecule has 68 valence electrons. The fourth-order valence-electron chi connectivity index (χ4n) is 0.869. The summed E-state index contributed by atoms with van der Waals surface area (Å²) < 4.78 is 14.4. The van der Waals surface area contributed by atoms with E-state index in [4.69, 9.17) is 0 Å². The highest BCUT2D eigenvalue weighted by atomic mass is 19.1. The number of rotatable bonds is 4. The first-order valence-electron chi connectivity index (χ1n) is 4.10. The van der Waals surface area contributed by atoms with Gasteiger partial charge in [0.15, 0.2) is 0 Å². The molecular formula is C8H14FN3. The van der Waals surface area contributed by atoms with E-state index in [-0.39, 0.29) is 0 Å². The average molecular weight is 171 g/mol. The molecule has 0 saturated heterocycles. The van der Waals surface area contributed by atoms with Gasteiger partial charge in [-0.1, -0.05) is 6.92 Å². The molecule has 1 atom stereocenters. The molecule has 0 radical (unpaired) electrons. The molecule has 0 aliphatic heterocycles. The molecule has 1 N–H and O–H groups in total. The molecule has 0 spiro atoms. The van der Waals surface area contributed by atoms with Crippen LogP contribution in [-0.2, 0) is 7.05 Å². The Morgan fingerprint density at radius 2 is 2.50 bits per heavy atom. The van der Waals surface area contributed by atoms with Crippen LogP contribution in [0.1, 0.15) is 13.3 Å². The summed E-state index contributed by atoms with van der Waals surface area (Å²) in [7, 11) is 1.83. The van der Waals surface area contributed by atoms with Crippen LogP contribution >= 0.6 is 0 Å². The van der Waals surface area contributed by atoms with Gasteiger partial charge in [-0.3, -0.25) is 4.68 Å². The monoisotopic (exact) mass is 171 g/mol. The number of aryl methyl sites for hydroxylation is 1. The van der Waals surface area contributed by atoms with E-state index < -0.39 is 6.17 Å². The van der Waals surface area contributed by atoms with Crippen LogP contribution in [0.2, 0.25) is 0 Å². The highest BCUT2D eigenvalue weighted by Crippen LogP contribution is 2.03. The van der Waals surface area contributed by atoms with Crippen LogP contribution in [0.4, 0.5) is 10.2 Å². The minimum absolute atomic E-state index is 0.341. The third kappa shape index (κ3) is 2.53. The molecule has 3 nitrogen and oxygen atoms in total. The van der Waals surface area contributed by atoms with Crippen LogP contribution in [0, 0.1) is 0 Å². The minimum Gasteiger partial charge on any atom is -0.366 e. The topological polar surface area (TPSA) is 29.9 Å². The zero-order valence-corrected chi connectivity index (χ0v) is 7.42. The van der Waals surface area contributed by atoms with Crippen molar-refractivity contribution in [3.05, 3.63) is 12.3 Å². The van der Waals surface area contributed by atoms with Gasteiger partial charge in [0.2, 0.25) is 0 Å². The summed E-state index contributed by atoms with van der Waals surface area (Å²) in [6.45, 7) is 2.16. The predicted molar refractivity (Wildman–Crippen MR) is 46.9 cm³/mol.